The second kappa shape index (κ2) is 8.98. The number of carboxylic acids is 1. The van der Waals surface area contributed by atoms with E-state index in [1.165, 1.54) is 0 Å². The van der Waals surface area contributed by atoms with Crippen molar-refractivity contribution >= 4 is 11.9 Å². The number of nitrogens with two attached hydrogens (primary N) is 1. The number of unbranched alkanes of at least 4 members (excludes halogenated alkanes) is 2. The Morgan fingerprint density at radius 1 is 1.12 bits per heavy atom. The molecule has 3 N–H and O–H groups in total. The molecule has 0 rings (SSSR count). The van der Waals surface area contributed by atoms with Crippen LogP contribution in [0, 0.1) is 11.8 Å². The summed E-state index contributed by atoms with van der Waals surface area (Å²) in [6.07, 6.45) is 4.42. The summed E-state index contributed by atoms with van der Waals surface area (Å²) >= 11 is 0. The van der Waals surface area contributed by atoms with E-state index in [1.807, 2.05) is 13.8 Å². The van der Waals surface area contributed by atoms with Gasteiger partial charge in [0, 0.05) is 0 Å². The van der Waals surface area contributed by atoms with Crippen molar-refractivity contribution < 1.29 is 19.5 Å². The second-order valence-electron chi connectivity index (χ2n) is 4.27. The van der Waals surface area contributed by atoms with E-state index in [0.717, 1.165) is 25.7 Å². The Morgan fingerprint density at radius 2 is 1.59 bits per heavy atom. The Labute approximate surface area is 102 Å². The number of rotatable bonds is 9. The molecule has 0 aromatic heterocycles. The van der Waals surface area contributed by atoms with Crippen molar-refractivity contribution in [2.75, 3.05) is 0 Å². The molecule has 0 aromatic carbocycles. The lowest BCUT2D eigenvalue weighted by atomic mass is 9.84. The quantitative estimate of drug-likeness (QED) is 0.607. The predicted octanol–water partition coefficient (Wildman–Crippen LogP) is 2.10. The molecule has 0 bridgehead atoms. The highest BCUT2D eigenvalue weighted by Crippen LogP contribution is 2.25. The molecule has 0 radical (unpaired) electrons. The molecule has 0 heterocycles. The van der Waals surface area contributed by atoms with Gasteiger partial charge in [0.1, 0.15) is 0 Å². The zero-order valence-electron chi connectivity index (χ0n) is 10.6. The van der Waals surface area contributed by atoms with E-state index >= 15 is 0 Å². The Balaban J connectivity index is 4.66. The Morgan fingerprint density at radius 3 is 1.94 bits per heavy atom. The number of hydrogen-bond acceptors (Lipinski definition) is 4. The van der Waals surface area contributed by atoms with E-state index in [0.29, 0.717) is 12.8 Å². The lowest BCUT2D eigenvalue weighted by Gasteiger charge is -2.21. The van der Waals surface area contributed by atoms with Crippen molar-refractivity contribution in [3.63, 3.8) is 0 Å². The van der Waals surface area contributed by atoms with Crippen molar-refractivity contribution in [3.05, 3.63) is 0 Å². The maximum atomic E-state index is 11.5. The van der Waals surface area contributed by atoms with E-state index in [2.05, 4.69) is 4.84 Å². The van der Waals surface area contributed by atoms with Crippen LogP contribution >= 0.6 is 0 Å². The third-order valence-corrected chi connectivity index (χ3v) is 2.96. The largest absolute Gasteiger partial charge is 0.481 e. The molecule has 2 atom stereocenters. The van der Waals surface area contributed by atoms with Crippen molar-refractivity contribution in [2.24, 2.45) is 17.7 Å². The van der Waals surface area contributed by atoms with Gasteiger partial charge in [-0.1, -0.05) is 39.5 Å². The minimum Gasteiger partial charge on any atom is -0.481 e. The molecule has 5 heteroatoms. The smallest absolute Gasteiger partial charge is 0.328 e. The molecule has 0 aromatic rings. The molecule has 0 aliphatic rings. The van der Waals surface area contributed by atoms with E-state index < -0.39 is 23.8 Å². The molecule has 0 saturated heterocycles. The molecule has 0 saturated carbocycles. The van der Waals surface area contributed by atoms with Crippen LogP contribution in [0.15, 0.2) is 0 Å². The van der Waals surface area contributed by atoms with Crippen LogP contribution in [0.5, 0.6) is 0 Å². The normalized spacial score (nSPS) is 14.1. The first-order valence-electron chi connectivity index (χ1n) is 6.21. The molecule has 0 aliphatic heterocycles. The first-order valence-corrected chi connectivity index (χ1v) is 6.21. The molecule has 17 heavy (non-hydrogen) atoms. The van der Waals surface area contributed by atoms with Gasteiger partial charge in [0.15, 0.2) is 0 Å². The van der Waals surface area contributed by atoms with Gasteiger partial charge >= 0.3 is 11.9 Å². The Kier molecular flexibility index (Phi) is 8.40. The monoisotopic (exact) mass is 245 g/mol. The van der Waals surface area contributed by atoms with Gasteiger partial charge in [0.05, 0.1) is 11.8 Å². The van der Waals surface area contributed by atoms with E-state index in [4.69, 9.17) is 11.0 Å². The average molecular weight is 245 g/mol. The maximum Gasteiger partial charge on any atom is 0.328 e. The van der Waals surface area contributed by atoms with E-state index in [1.54, 1.807) is 0 Å². The zero-order valence-corrected chi connectivity index (χ0v) is 10.6. The molecule has 2 unspecified atom stereocenters. The van der Waals surface area contributed by atoms with E-state index in [9.17, 15) is 9.59 Å². The van der Waals surface area contributed by atoms with Gasteiger partial charge in [-0.05, 0) is 12.8 Å². The molecule has 0 fully saturated rings. The average Bonchev–Trinajstić information content (AvgIpc) is 2.32. The molecular weight excluding hydrogens is 222 g/mol. The van der Waals surface area contributed by atoms with Gasteiger partial charge in [0.25, 0.3) is 0 Å². The summed E-state index contributed by atoms with van der Waals surface area (Å²) in [5.74, 6) is 2.02. The lowest BCUT2D eigenvalue weighted by Crippen LogP contribution is -2.32. The van der Waals surface area contributed by atoms with Crippen LogP contribution in [0.3, 0.4) is 0 Å². The second-order valence-corrected chi connectivity index (χ2v) is 4.27. The summed E-state index contributed by atoms with van der Waals surface area (Å²) in [7, 11) is 0. The molecule has 0 spiro atoms. The summed E-state index contributed by atoms with van der Waals surface area (Å²) in [5.41, 5.74) is 0. The number of hydrogen-bond donors (Lipinski definition) is 2. The summed E-state index contributed by atoms with van der Waals surface area (Å²) in [6.45, 7) is 3.98. The fourth-order valence-electron chi connectivity index (χ4n) is 1.92. The minimum atomic E-state index is -0.940. The van der Waals surface area contributed by atoms with Crippen LogP contribution in [0.1, 0.15) is 52.4 Å². The number of aliphatic carboxylic acids is 1. The summed E-state index contributed by atoms with van der Waals surface area (Å²) in [4.78, 5) is 26.9. The summed E-state index contributed by atoms with van der Waals surface area (Å²) in [6, 6.07) is 0. The maximum absolute atomic E-state index is 11.5. The van der Waals surface area contributed by atoms with Crippen molar-refractivity contribution in [3.8, 4) is 0 Å². The molecule has 100 valence electrons. The minimum absolute atomic E-state index is 0.495. The van der Waals surface area contributed by atoms with Crippen LogP contribution in [0.2, 0.25) is 0 Å². The standard InChI is InChI=1S/C12H23NO4/c1-3-5-7-9(11(14)15)10(8-6-4-2)12(16)17-13/h9-10H,3-8,13H2,1-2H3,(H,14,15). The summed E-state index contributed by atoms with van der Waals surface area (Å²) < 4.78 is 0. The first kappa shape index (κ1) is 15.9. The highest BCUT2D eigenvalue weighted by Gasteiger charge is 2.33. The van der Waals surface area contributed by atoms with Gasteiger partial charge in [-0.15, -0.1) is 0 Å². The molecule has 0 aliphatic carbocycles. The van der Waals surface area contributed by atoms with Crippen molar-refractivity contribution in [1.82, 2.24) is 0 Å². The lowest BCUT2D eigenvalue weighted by molar-refractivity contribution is -0.159. The summed E-state index contributed by atoms with van der Waals surface area (Å²) in [5, 5.41) is 9.17. The highest BCUT2D eigenvalue weighted by molar-refractivity contribution is 5.80. The van der Waals surface area contributed by atoms with Gasteiger partial charge in [0.2, 0.25) is 0 Å². The number of carbonyl (C=O) groups excluding carboxylic acids is 1. The van der Waals surface area contributed by atoms with Crippen LogP contribution in [0.25, 0.3) is 0 Å². The Bertz CT molecular complexity index is 243. The van der Waals surface area contributed by atoms with Crippen LogP contribution in [-0.2, 0) is 14.4 Å². The SMILES string of the molecule is CCCCC(C(=O)O)C(CCCC)C(=O)ON. The van der Waals surface area contributed by atoms with Crippen LogP contribution in [0.4, 0.5) is 0 Å². The third kappa shape index (κ3) is 5.68. The molecule has 0 amide bonds. The van der Waals surface area contributed by atoms with Gasteiger partial charge in [-0.2, -0.15) is 5.90 Å². The zero-order chi connectivity index (χ0) is 13.3. The Hall–Kier alpha value is -1.10. The van der Waals surface area contributed by atoms with Gasteiger partial charge in [-0.25, -0.2) is 0 Å². The van der Waals surface area contributed by atoms with Crippen molar-refractivity contribution in [2.45, 2.75) is 52.4 Å². The van der Waals surface area contributed by atoms with E-state index in [-0.39, 0.29) is 0 Å². The molecular formula is C12H23NO4. The van der Waals surface area contributed by atoms with Gasteiger partial charge < -0.3 is 9.94 Å². The van der Waals surface area contributed by atoms with Crippen LogP contribution in [-0.4, -0.2) is 17.0 Å². The molecule has 5 nitrogen and oxygen atoms in total. The fourth-order valence-corrected chi connectivity index (χ4v) is 1.92. The topological polar surface area (TPSA) is 89.6 Å². The van der Waals surface area contributed by atoms with Crippen molar-refractivity contribution in [1.29, 1.82) is 0 Å². The van der Waals surface area contributed by atoms with Gasteiger partial charge in [-0.3, -0.25) is 9.59 Å². The highest BCUT2D eigenvalue weighted by atomic mass is 16.7. The number of carbonyl (C=O) groups is 2. The number of carboxylic acid groups (broad SMARTS) is 1. The predicted molar refractivity (Wildman–Crippen MR) is 63.9 cm³/mol. The third-order valence-electron chi connectivity index (χ3n) is 2.96. The first-order chi connectivity index (χ1) is 8.08. The van der Waals surface area contributed by atoms with Crippen LogP contribution < -0.4 is 5.90 Å². The fraction of sp³-hybridized carbons (Fsp3) is 0.833.